The lowest BCUT2D eigenvalue weighted by Gasteiger charge is -2.18. The number of rotatable bonds is 5. The summed E-state index contributed by atoms with van der Waals surface area (Å²) in [4.78, 5) is 4.24. The van der Waals surface area contributed by atoms with E-state index < -0.39 is 0 Å². The first-order valence-electron chi connectivity index (χ1n) is 6.45. The molecule has 0 aromatic carbocycles. The van der Waals surface area contributed by atoms with Crippen molar-refractivity contribution in [1.29, 1.82) is 0 Å². The van der Waals surface area contributed by atoms with Gasteiger partial charge >= 0.3 is 0 Å². The van der Waals surface area contributed by atoms with Crippen molar-refractivity contribution in [2.75, 3.05) is 6.54 Å². The molecule has 5 nitrogen and oxygen atoms in total. The summed E-state index contributed by atoms with van der Waals surface area (Å²) in [6.45, 7) is 6.18. The molecule has 1 fully saturated rings. The molecule has 1 aromatic heterocycles. The minimum Gasteiger partial charge on any atom is -0.391 e. The lowest BCUT2D eigenvalue weighted by molar-refractivity contribution is 0.132. The van der Waals surface area contributed by atoms with Gasteiger partial charge in [0.2, 0.25) is 0 Å². The maximum Gasteiger partial charge on any atom is 0.138 e. The fourth-order valence-electron chi connectivity index (χ4n) is 2.31. The molecular weight excluding hydrogens is 216 g/mol. The molecular formula is C12H22N4O. The number of aromatic nitrogens is 3. The van der Waals surface area contributed by atoms with Gasteiger partial charge in [0.05, 0.1) is 6.10 Å². The highest BCUT2D eigenvalue weighted by molar-refractivity contribution is 4.93. The van der Waals surface area contributed by atoms with Gasteiger partial charge in [-0.05, 0) is 25.3 Å². The van der Waals surface area contributed by atoms with Crippen LogP contribution in [0, 0.1) is 5.92 Å². The predicted octanol–water partition coefficient (Wildman–Crippen LogP) is 0.590. The molecule has 1 aliphatic heterocycles. The standard InChI is InChI=1S/C12H22N4O/c1-9(2)7-16-12(14-8-15-16)6-11(17)10-4-3-5-13-10/h8-11,13,17H,3-7H2,1-2H3. The number of aliphatic hydroxyl groups excluding tert-OH is 1. The van der Waals surface area contributed by atoms with Crippen molar-refractivity contribution in [2.45, 2.75) is 51.8 Å². The van der Waals surface area contributed by atoms with Crippen LogP contribution in [0.2, 0.25) is 0 Å². The van der Waals surface area contributed by atoms with Crippen molar-refractivity contribution in [3.05, 3.63) is 12.2 Å². The van der Waals surface area contributed by atoms with E-state index in [1.165, 1.54) is 0 Å². The van der Waals surface area contributed by atoms with Crippen molar-refractivity contribution >= 4 is 0 Å². The molecule has 1 aromatic rings. The summed E-state index contributed by atoms with van der Waals surface area (Å²) < 4.78 is 1.91. The van der Waals surface area contributed by atoms with E-state index in [1.807, 2.05) is 4.68 Å². The second kappa shape index (κ2) is 5.60. The van der Waals surface area contributed by atoms with Crippen LogP contribution in [0.5, 0.6) is 0 Å². The molecule has 0 bridgehead atoms. The van der Waals surface area contributed by atoms with Gasteiger partial charge in [0.1, 0.15) is 12.2 Å². The second-order valence-corrected chi connectivity index (χ2v) is 5.23. The zero-order valence-electron chi connectivity index (χ0n) is 10.6. The topological polar surface area (TPSA) is 63.0 Å². The van der Waals surface area contributed by atoms with E-state index in [2.05, 4.69) is 29.2 Å². The van der Waals surface area contributed by atoms with Crippen molar-refractivity contribution in [3.8, 4) is 0 Å². The fourth-order valence-corrected chi connectivity index (χ4v) is 2.31. The Bertz CT molecular complexity index is 344. The van der Waals surface area contributed by atoms with Gasteiger partial charge in [0.15, 0.2) is 0 Å². The SMILES string of the molecule is CC(C)Cn1ncnc1CC(O)C1CCCN1. The lowest BCUT2D eigenvalue weighted by atomic mass is 10.1. The number of aliphatic hydroxyl groups is 1. The fraction of sp³-hybridized carbons (Fsp3) is 0.833. The molecule has 0 spiro atoms. The maximum atomic E-state index is 10.1. The summed E-state index contributed by atoms with van der Waals surface area (Å²) in [5.74, 6) is 1.43. The van der Waals surface area contributed by atoms with Crippen LogP contribution in [0.3, 0.4) is 0 Å². The van der Waals surface area contributed by atoms with Crippen molar-refractivity contribution in [1.82, 2.24) is 20.1 Å². The van der Waals surface area contributed by atoms with Gasteiger partial charge in [-0.15, -0.1) is 0 Å². The Kier molecular flexibility index (Phi) is 4.12. The van der Waals surface area contributed by atoms with E-state index in [-0.39, 0.29) is 12.1 Å². The zero-order chi connectivity index (χ0) is 12.3. The summed E-state index contributed by atoms with van der Waals surface area (Å²) in [5, 5.41) is 17.7. The number of hydrogen-bond donors (Lipinski definition) is 2. The van der Waals surface area contributed by atoms with Crippen LogP contribution in [-0.2, 0) is 13.0 Å². The quantitative estimate of drug-likeness (QED) is 0.788. The third-order valence-electron chi connectivity index (χ3n) is 3.19. The predicted molar refractivity (Wildman–Crippen MR) is 65.6 cm³/mol. The molecule has 1 saturated heterocycles. The van der Waals surface area contributed by atoms with E-state index >= 15 is 0 Å². The maximum absolute atomic E-state index is 10.1. The zero-order valence-corrected chi connectivity index (χ0v) is 10.6. The van der Waals surface area contributed by atoms with Crippen molar-refractivity contribution < 1.29 is 5.11 Å². The van der Waals surface area contributed by atoms with Crippen LogP contribution in [0.15, 0.2) is 6.33 Å². The van der Waals surface area contributed by atoms with Crippen LogP contribution in [0.1, 0.15) is 32.5 Å². The number of nitrogens with zero attached hydrogens (tertiary/aromatic N) is 3. The van der Waals surface area contributed by atoms with E-state index in [4.69, 9.17) is 0 Å². The van der Waals surface area contributed by atoms with Gasteiger partial charge in [-0.3, -0.25) is 0 Å². The van der Waals surface area contributed by atoms with Gasteiger partial charge in [0, 0.05) is 19.0 Å². The Morgan fingerprint density at radius 3 is 3.06 bits per heavy atom. The minimum absolute atomic E-state index is 0.221. The molecule has 0 amide bonds. The van der Waals surface area contributed by atoms with Gasteiger partial charge in [-0.1, -0.05) is 13.8 Å². The second-order valence-electron chi connectivity index (χ2n) is 5.23. The summed E-state index contributed by atoms with van der Waals surface area (Å²) in [7, 11) is 0. The molecule has 1 aliphatic rings. The monoisotopic (exact) mass is 238 g/mol. The first-order valence-corrected chi connectivity index (χ1v) is 6.45. The van der Waals surface area contributed by atoms with Crippen LogP contribution < -0.4 is 5.32 Å². The minimum atomic E-state index is -0.354. The third kappa shape index (κ3) is 3.26. The van der Waals surface area contributed by atoms with Crippen molar-refractivity contribution in [2.24, 2.45) is 5.92 Å². The lowest BCUT2D eigenvalue weighted by Crippen LogP contribution is -2.36. The Hall–Kier alpha value is -0.940. The average molecular weight is 238 g/mol. The molecule has 2 rings (SSSR count). The van der Waals surface area contributed by atoms with E-state index in [0.717, 1.165) is 31.8 Å². The molecule has 2 atom stereocenters. The Labute approximate surface area is 102 Å². The van der Waals surface area contributed by atoms with E-state index in [0.29, 0.717) is 12.3 Å². The van der Waals surface area contributed by atoms with Crippen molar-refractivity contribution in [3.63, 3.8) is 0 Å². The summed E-state index contributed by atoms with van der Waals surface area (Å²) in [5.41, 5.74) is 0. The average Bonchev–Trinajstić information content (AvgIpc) is 2.89. The van der Waals surface area contributed by atoms with E-state index in [1.54, 1.807) is 6.33 Å². The number of hydrogen-bond acceptors (Lipinski definition) is 4. The molecule has 17 heavy (non-hydrogen) atoms. The first kappa shape index (κ1) is 12.5. The largest absolute Gasteiger partial charge is 0.391 e. The molecule has 0 saturated carbocycles. The Balaban J connectivity index is 1.95. The van der Waals surface area contributed by atoms with Gasteiger partial charge < -0.3 is 10.4 Å². The smallest absolute Gasteiger partial charge is 0.138 e. The van der Waals surface area contributed by atoms with Gasteiger partial charge in [0.25, 0.3) is 0 Å². The summed E-state index contributed by atoms with van der Waals surface area (Å²) >= 11 is 0. The third-order valence-corrected chi connectivity index (χ3v) is 3.19. The Morgan fingerprint density at radius 1 is 1.59 bits per heavy atom. The van der Waals surface area contributed by atoms with Crippen LogP contribution >= 0.6 is 0 Å². The molecule has 2 unspecified atom stereocenters. The van der Waals surface area contributed by atoms with E-state index in [9.17, 15) is 5.11 Å². The summed E-state index contributed by atoms with van der Waals surface area (Å²) in [6.07, 6.45) is 4.02. The normalized spacial score (nSPS) is 22.2. The molecule has 96 valence electrons. The molecule has 0 radical (unpaired) electrons. The highest BCUT2D eigenvalue weighted by atomic mass is 16.3. The molecule has 2 N–H and O–H groups in total. The van der Waals surface area contributed by atoms with Crippen LogP contribution in [-0.4, -0.2) is 38.6 Å². The highest BCUT2D eigenvalue weighted by Gasteiger charge is 2.24. The number of nitrogens with one attached hydrogen (secondary N) is 1. The molecule has 2 heterocycles. The first-order chi connectivity index (χ1) is 8.16. The highest BCUT2D eigenvalue weighted by Crippen LogP contribution is 2.13. The van der Waals surface area contributed by atoms with Gasteiger partial charge in [-0.25, -0.2) is 9.67 Å². The molecule has 5 heteroatoms. The Morgan fingerprint density at radius 2 is 2.41 bits per heavy atom. The van der Waals surface area contributed by atoms with Gasteiger partial charge in [-0.2, -0.15) is 5.10 Å². The van der Waals surface area contributed by atoms with Crippen LogP contribution in [0.4, 0.5) is 0 Å². The molecule has 0 aliphatic carbocycles. The van der Waals surface area contributed by atoms with Crippen LogP contribution in [0.25, 0.3) is 0 Å². The summed E-state index contributed by atoms with van der Waals surface area (Å²) in [6, 6.07) is 0.221.